The quantitative estimate of drug-likeness (QED) is 0.846. The Morgan fingerprint density at radius 3 is 2.53 bits per heavy atom. The van der Waals surface area contributed by atoms with Gasteiger partial charge in [-0.1, -0.05) is 4.89 Å². The monoisotopic (exact) mass is 353 g/mol. The predicted octanol–water partition coefficient (Wildman–Crippen LogP) is 2.59. The van der Waals surface area contributed by atoms with Crippen molar-refractivity contribution in [3.8, 4) is 0 Å². The molecule has 10 heteroatoms. The first-order valence-electron chi connectivity index (χ1n) is 4.08. The van der Waals surface area contributed by atoms with Crippen molar-refractivity contribution >= 4 is 37.3 Å². The van der Waals surface area contributed by atoms with Gasteiger partial charge in [0.25, 0.3) is 10.0 Å². The van der Waals surface area contributed by atoms with E-state index in [-0.39, 0.29) is 4.90 Å². The van der Waals surface area contributed by atoms with E-state index in [1.165, 1.54) is 17.9 Å². The highest BCUT2D eigenvalue weighted by Gasteiger charge is 2.29. The lowest BCUT2D eigenvalue weighted by atomic mass is 10.5. The predicted molar refractivity (Wildman–Crippen MR) is 59.1 cm³/mol. The van der Waals surface area contributed by atoms with Gasteiger partial charge in [0, 0.05) is 4.88 Å². The Morgan fingerprint density at radius 2 is 2.12 bits per heavy atom. The van der Waals surface area contributed by atoms with E-state index in [4.69, 9.17) is 0 Å². The van der Waals surface area contributed by atoms with Gasteiger partial charge < -0.3 is 0 Å². The Morgan fingerprint density at radius 1 is 1.53 bits per heavy atom. The number of hydrogen-bond acceptors (Lipinski definition) is 4. The van der Waals surface area contributed by atoms with Gasteiger partial charge in [-0.15, -0.1) is 11.3 Å². The lowest BCUT2D eigenvalue weighted by molar-refractivity contribution is -0.181. The second-order valence-electron chi connectivity index (χ2n) is 2.96. The highest BCUT2D eigenvalue weighted by atomic mass is 79.9. The largest absolute Gasteiger partial charge is 0.413 e. The third-order valence-corrected chi connectivity index (χ3v) is 4.56. The smallest absolute Gasteiger partial charge is 0.277 e. The van der Waals surface area contributed by atoms with E-state index >= 15 is 0 Å². The van der Waals surface area contributed by atoms with E-state index in [9.17, 15) is 21.6 Å². The van der Waals surface area contributed by atoms with Crippen LogP contribution in [0.5, 0.6) is 0 Å². The molecule has 0 aliphatic heterocycles. The van der Waals surface area contributed by atoms with Crippen LogP contribution in [0.3, 0.4) is 0 Å². The Kier molecular flexibility index (Phi) is 4.58. The molecule has 0 saturated heterocycles. The molecule has 98 valence electrons. The third-order valence-electron chi connectivity index (χ3n) is 1.54. The molecule has 0 aromatic carbocycles. The summed E-state index contributed by atoms with van der Waals surface area (Å²) in [4.78, 5) is 5.66. The second-order valence-corrected chi connectivity index (χ2v) is 7.21. The summed E-state index contributed by atoms with van der Waals surface area (Å²) in [7, 11) is -4.08. The first-order valence-corrected chi connectivity index (χ1v) is 7.17. The van der Waals surface area contributed by atoms with Crippen molar-refractivity contribution in [1.29, 1.82) is 0 Å². The van der Waals surface area contributed by atoms with Gasteiger partial charge in [0.15, 0.2) is 6.61 Å². The van der Waals surface area contributed by atoms with Gasteiger partial charge >= 0.3 is 6.18 Å². The maximum Gasteiger partial charge on any atom is 0.413 e. The average Bonchev–Trinajstić information content (AvgIpc) is 2.43. The first-order chi connectivity index (χ1) is 7.62. The van der Waals surface area contributed by atoms with Gasteiger partial charge in [-0.3, -0.25) is 4.84 Å². The number of alkyl halides is 3. The van der Waals surface area contributed by atoms with Gasteiger partial charge in [0.2, 0.25) is 0 Å². The Hall–Kier alpha value is -0.160. The van der Waals surface area contributed by atoms with Crippen LogP contribution in [0.1, 0.15) is 4.88 Å². The summed E-state index contributed by atoms with van der Waals surface area (Å²) >= 11 is 4.24. The standard InChI is InChI=1S/C7H7BrF3NO3S2/c1-4-5(2-6(8)16-4)17(13,14)12-15-3-7(9,10)11/h2,12H,3H2,1H3. The Labute approximate surface area is 108 Å². The minimum Gasteiger partial charge on any atom is -0.277 e. The van der Waals surface area contributed by atoms with Crippen LogP contribution in [-0.4, -0.2) is 21.2 Å². The van der Waals surface area contributed by atoms with Crippen molar-refractivity contribution in [2.75, 3.05) is 6.61 Å². The van der Waals surface area contributed by atoms with Crippen LogP contribution in [0, 0.1) is 6.92 Å². The fourth-order valence-corrected chi connectivity index (χ4v) is 4.15. The van der Waals surface area contributed by atoms with E-state index in [1.54, 1.807) is 0 Å². The SMILES string of the molecule is Cc1sc(Br)cc1S(=O)(=O)NOCC(F)(F)F. The first kappa shape index (κ1) is 14.9. The summed E-state index contributed by atoms with van der Waals surface area (Å²) in [6.07, 6.45) is -4.59. The molecule has 0 radical (unpaired) electrons. The fourth-order valence-electron chi connectivity index (χ4n) is 0.931. The molecule has 0 bridgehead atoms. The molecule has 17 heavy (non-hydrogen) atoms. The molecule has 0 aliphatic carbocycles. The number of thiophene rings is 1. The zero-order chi connectivity index (χ0) is 13.3. The molecule has 1 rings (SSSR count). The molecule has 4 nitrogen and oxygen atoms in total. The van der Waals surface area contributed by atoms with Crippen LogP contribution in [0.2, 0.25) is 0 Å². The van der Waals surface area contributed by atoms with Crippen LogP contribution >= 0.6 is 27.3 Å². The van der Waals surface area contributed by atoms with E-state index in [1.807, 2.05) is 0 Å². The third kappa shape index (κ3) is 4.54. The van der Waals surface area contributed by atoms with Crippen molar-refractivity contribution < 1.29 is 26.4 Å². The minimum atomic E-state index is -4.59. The lowest BCUT2D eigenvalue weighted by Gasteiger charge is -2.08. The summed E-state index contributed by atoms with van der Waals surface area (Å²) in [5.74, 6) is 0. The molecule has 1 aromatic rings. The number of sulfonamides is 1. The molecule has 1 heterocycles. The molecule has 1 N–H and O–H groups in total. The van der Waals surface area contributed by atoms with Crippen molar-refractivity contribution in [1.82, 2.24) is 4.89 Å². The van der Waals surface area contributed by atoms with Crippen molar-refractivity contribution in [2.24, 2.45) is 0 Å². The van der Waals surface area contributed by atoms with Crippen molar-refractivity contribution in [3.63, 3.8) is 0 Å². The highest BCUT2D eigenvalue weighted by Crippen LogP contribution is 2.29. The molecule has 0 aliphatic rings. The van der Waals surface area contributed by atoms with Crippen LogP contribution in [-0.2, 0) is 14.9 Å². The minimum absolute atomic E-state index is 0.114. The van der Waals surface area contributed by atoms with Gasteiger partial charge in [0.1, 0.15) is 0 Å². The highest BCUT2D eigenvalue weighted by molar-refractivity contribution is 9.11. The molecule has 0 saturated carbocycles. The van der Waals surface area contributed by atoms with E-state index in [0.29, 0.717) is 8.66 Å². The van der Waals surface area contributed by atoms with Crippen molar-refractivity contribution in [2.45, 2.75) is 18.0 Å². The number of hydrogen-bond donors (Lipinski definition) is 1. The number of halogens is 4. The molecule has 0 unspecified atom stereocenters. The molecule has 1 aromatic heterocycles. The zero-order valence-corrected chi connectivity index (χ0v) is 11.6. The maximum atomic E-state index is 11.8. The van der Waals surface area contributed by atoms with Gasteiger partial charge in [-0.2, -0.15) is 13.2 Å². The summed E-state index contributed by atoms with van der Waals surface area (Å²) in [6.45, 7) is -0.148. The van der Waals surface area contributed by atoms with Gasteiger partial charge in [-0.05, 0) is 28.9 Å². The van der Waals surface area contributed by atoms with Crippen LogP contribution in [0.15, 0.2) is 14.7 Å². The lowest BCUT2D eigenvalue weighted by Crippen LogP contribution is -2.29. The summed E-state index contributed by atoms with van der Waals surface area (Å²) in [5.41, 5.74) is 0. The maximum absolute atomic E-state index is 11.8. The topological polar surface area (TPSA) is 55.4 Å². The molecular formula is C7H7BrF3NO3S2. The van der Waals surface area contributed by atoms with Gasteiger partial charge in [-0.25, -0.2) is 8.42 Å². The van der Waals surface area contributed by atoms with Crippen LogP contribution in [0.4, 0.5) is 13.2 Å². The number of nitrogens with one attached hydrogen (secondary N) is 1. The molecule has 0 spiro atoms. The molecular weight excluding hydrogens is 347 g/mol. The summed E-state index contributed by atoms with van der Waals surface area (Å²) in [5, 5.41) is 0. The molecule has 0 fully saturated rings. The van der Waals surface area contributed by atoms with E-state index in [0.717, 1.165) is 11.3 Å². The fraction of sp³-hybridized carbons (Fsp3) is 0.429. The zero-order valence-electron chi connectivity index (χ0n) is 8.34. The normalized spacial score (nSPS) is 13.0. The summed E-state index contributed by atoms with van der Waals surface area (Å²) in [6, 6.07) is 1.29. The van der Waals surface area contributed by atoms with Crippen LogP contribution < -0.4 is 4.89 Å². The number of aryl methyl sites for hydroxylation is 1. The van der Waals surface area contributed by atoms with Gasteiger partial charge in [0.05, 0.1) is 8.68 Å². The van der Waals surface area contributed by atoms with Crippen molar-refractivity contribution in [3.05, 3.63) is 14.7 Å². The molecule has 0 amide bonds. The Bertz CT molecular complexity index is 497. The second kappa shape index (κ2) is 5.22. The van der Waals surface area contributed by atoms with E-state index < -0.39 is 22.8 Å². The van der Waals surface area contributed by atoms with Crippen LogP contribution in [0.25, 0.3) is 0 Å². The average molecular weight is 354 g/mol. The van der Waals surface area contributed by atoms with E-state index in [2.05, 4.69) is 20.8 Å². The number of rotatable bonds is 4. The molecule has 0 atom stereocenters. The Balaban J connectivity index is 2.73. The summed E-state index contributed by atoms with van der Waals surface area (Å²) < 4.78 is 58.9.